The van der Waals surface area contributed by atoms with Crippen LogP contribution in [-0.2, 0) is 4.79 Å². The number of benzene rings is 1. The number of ether oxygens (including phenoxy) is 2. The van der Waals surface area contributed by atoms with E-state index >= 15 is 0 Å². The molecule has 0 fully saturated rings. The lowest BCUT2D eigenvalue weighted by molar-refractivity contribution is -0.114. The topological polar surface area (TPSA) is 148 Å². The number of nitrogens with two attached hydrogens (primary N) is 1. The Hall–Kier alpha value is -4.46. The van der Waals surface area contributed by atoms with Gasteiger partial charge < -0.3 is 31.3 Å². The molecule has 3 aromatic rings. The summed E-state index contributed by atoms with van der Waals surface area (Å²) < 4.78 is 66.1. The van der Waals surface area contributed by atoms with E-state index < -0.39 is 29.2 Å². The number of pyridine rings is 1. The maximum Gasteiger partial charge on any atom is 0.432 e. The van der Waals surface area contributed by atoms with Gasteiger partial charge in [0.15, 0.2) is 23.1 Å². The van der Waals surface area contributed by atoms with Crippen molar-refractivity contribution in [2.45, 2.75) is 6.18 Å². The number of nitrogens with one attached hydrogen (secondary N) is 3. The minimum Gasteiger partial charge on any atom is -0.493 e. The van der Waals surface area contributed by atoms with Crippen molar-refractivity contribution in [3.8, 4) is 17.4 Å². The van der Waals surface area contributed by atoms with E-state index in [1.165, 1.54) is 25.4 Å². The first kappa shape index (κ1) is 26.2. The third kappa shape index (κ3) is 5.96. The van der Waals surface area contributed by atoms with Gasteiger partial charge >= 0.3 is 6.18 Å². The molecule has 2 heterocycles. The molecule has 0 aliphatic heterocycles. The highest BCUT2D eigenvalue weighted by molar-refractivity contribution is 6.34. The number of hydrogen-bond donors (Lipinski definition) is 4. The first-order valence-corrected chi connectivity index (χ1v) is 10.1. The molecule has 5 N–H and O–H groups in total. The van der Waals surface area contributed by atoms with Crippen LogP contribution in [0.25, 0.3) is 0 Å². The summed E-state index contributed by atoms with van der Waals surface area (Å²) in [6.07, 6.45) is -2.64. The molecule has 0 aliphatic rings. The standard InChI is InChI=1S/C21H16ClF4N7O3/c1-35-14-3-2-6-29-18(14)33-16(21(24,25)26)11(8-27)19(34)32-10-4-5-13(12(23)7-10)36-20-15(22)17(28)30-9-31-20/h2-9,27H,1H3,(H,29,33)(H,32,34)(H2,28,30,31)/b16-11+,27-8?. The van der Waals surface area contributed by atoms with Crippen LogP contribution in [-0.4, -0.2) is 40.4 Å². The first-order valence-electron chi connectivity index (χ1n) is 9.67. The predicted molar refractivity (Wildman–Crippen MR) is 123 cm³/mol. The summed E-state index contributed by atoms with van der Waals surface area (Å²) in [6, 6.07) is 5.80. The number of rotatable bonds is 8. The number of anilines is 3. The third-order valence-electron chi connectivity index (χ3n) is 4.36. The van der Waals surface area contributed by atoms with Gasteiger partial charge in [-0.15, -0.1) is 0 Å². The average Bonchev–Trinajstić information content (AvgIpc) is 2.83. The lowest BCUT2D eigenvalue weighted by Crippen LogP contribution is -2.28. The molecular formula is C21H16ClF4N7O3. The van der Waals surface area contributed by atoms with Crippen molar-refractivity contribution < 1.29 is 31.8 Å². The minimum atomic E-state index is -5.09. The monoisotopic (exact) mass is 525 g/mol. The fourth-order valence-electron chi connectivity index (χ4n) is 2.71. The summed E-state index contributed by atoms with van der Waals surface area (Å²) >= 11 is 5.90. The third-order valence-corrected chi connectivity index (χ3v) is 4.71. The van der Waals surface area contributed by atoms with Crippen molar-refractivity contribution in [1.29, 1.82) is 5.41 Å². The Kier molecular flexibility index (Phi) is 7.89. The smallest absolute Gasteiger partial charge is 0.432 e. The predicted octanol–water partition coefficient (Wildman–Crippen LogP) is 4.56. The molecule has 0 saturated heterocycles. The van der Waals surface area contributed by atoms with Crippen LogP contribution in [0.3, 0.4) is 0 Å². The summed E-state index contributed by atoms with van der Waals surface area (Å²) in [5.74, 6) is -3.43. The molecule has 1 amide bonds. The van der Waals surface area contributed by atoms with E-state index in [9.17, 15) is 22.4 Å². The Morgan fingerprint density at radius 1 is 1.17 bits per heavy atom. The minimum absolute atomic E-state index is 0.0350. The van der Waals surface area contributed by atoms with E-state index in [0.29, 0.717) is 0 Å². The van der Waals surface area contributed by atoms with E-state index in [1.807, 2.05) is 5.32 Å². The van der Waals surface area contributed by atoms with Gasteiger partial charge in [0.25, 0.3) is 5.91 Å². The van der Waals surface area contributed by atoms with Gasteiger partial charge in [0, 0.05) is 24.2 Å². The number of hydrogen-bond acceptors (Lipinski definition) is 9. The summed E-state index contributed by atoms with van der Waals surface area (Å²) in [5, 5.41) is 11.3. The Morgan fingerprint density at radius 2 is 1.92 bits per heavy atom. The second-order valence-electron chi connectivity index (χ2n) is 6.69. The summed E-state index contributed by atoms with van der Waals surface area (Å²) in [5.41, 5.74) is 2.62. The Bertz CT molecular complexity index is 1340. The molecule has 0 atom stereocenters. The maximum absolute atomic E-state index is 14.6. The summed E-state index contributed by atoms with van der Waals surface area (Å²) in [6.45, 7) is 0. The van der Waals surface area contributed by atoms with Crippen LogP contribution in [0.1, 0.15) is 0 Å². The quantitative estimate of drug-likeness (QED) is 0.190. The highest BCUT2D eigenvalue weighted by Crippen LogP contribution is 2.34. The number of allylic oxidation sites excluding steroid dienone is 1. The molecule has 1 aromatic carbocycles. The van der Waals surface area contributed by atoms with Crippen molar-refractivity contribution in [1.82, 2.24) is 15.0 Å². The van der Waals surface area contributed by atoms with Crippen LogP contribution >= 0.6 is 11.6 Å². The zero-order valence-electron chi connectivity index (χ0n) is 18.2. The van der Waals surface area contributed by atoms with Crippen LogP contribution in [0, 0.1) is 11.2 Å². The number of carbonyl (C=O) groups is 1. The second-order valence-corrected chi connectivity index (χ2v) is 7.07. The Balaban J connectivity index is 1.88. The van der Waals surface area contributed by atoms with Crippen LogP contribution in [0.15, 0.2) is 54.1 Å². The van der Waals surface area contributed by atoms with Crippen molar-refractivity contribution in [3.05, 3.63) is 65.0 Å². The summed E-state index contributed by atoms with van der Waals surface area (Å²) in [7, 11) is 1.22. The van der Waals surface area contributed by atoms with Crippen molar-refractivity contribution >= 4 is 41.0 Å². The van der Waals surface area contributed by atoms with Gasteiger partial charge in [-0.05, 0) is 24.3 Å². The lowest BCUT2D eigenvalue weighted by Gasteiger charge is -2.18. The zero-order valence-corrected chi connectivity index (χ0v) is 18.9. The van der Waals surface area contributed by atoms with Crippen molar-refractivity contribution in [2.24, 2.45) is 0 Å². The molecule has 188 valence electrons. The highest BCUT2D eigenvalue weighted by atomic mass is 35.5. The van der Waals surface area contributed by atoms with Crippen LogP contribution < -0.4 is 25.8 Å². The average molecular weight is 526 g/mol. The number of carbonyl (C=O) groups excluding carboxylic acids is 1. The maximum atomic E-state index is 14.6. The van der Waals surface area contributed by atoms with Crippen molar-refractivity contribution in [3.63, 3.8) is 0 Å². The van der Waals surface area contributed by atoms with Crippen molar-refractivity contribution in [2.75, 3.05) is 23.5 Å². The normalized spacial score (nSPS) is 11.8. The van der Waals surface area contributed by atoms with Gasteiger partial charge in [-0.3, -0.25) is 4.79 Å². The molecule has 3 rings (SSSR count). The van der Waals surface area contributed by atoms with Gasteiger partial charge in [0.2, 0.25) is 5.88 Å². The molecule has 15 heteroatoms. The van der Waals surface area contributed by atoms with Gasteiger partial charge in [-0.2, -0.15) is 18.2 Å². The van der Waals surface area contributed by atoms with E-state index in [2.05, 4.69) is 20.3 Å². The molecule has 0 saturated carbocycles. The molecular weight excluding hydrogens is 510 g/mol. The molecule has 10 nitrogen and oxygen atoms in total. The number of methoxy groups -OCH3 is 1. The molecule has 0 unspecified atom stereocenters. The van der Waals surface area contributed by atoms with E-state index in [0.717, 1.165) is 24.5 Å². The molecule has 36 heavy (non-hydrogen) atoms. The van der Waals surface area contributed by atoms with E-state index in [1.54, 1.807) is 0 Å². The number of aromatic nitrogens is 3. The largest absolute Gasteiger partial charge is 0.493 e. The first-order chi connectivity index (χ1) is 17.0. The Labute approximate surface area is 205 Å². The molecule has 0 bridgehead atoms. The number of amides is 1. The van der Waals surface area contributed by atoms with Gasteiger partial charge in [-0.1, -0.05) is 11.6 Å². The van der Waals surface area contributed by atoms with Crippen LogP contribution in [0.5, 0.6) is 17.4 Å². The SMILES string of the molecule is COc1cccnc1N/C(=C(\C=N)C(=O)Nc1ccc(Oc2ncnc(N)c2Cl)c(F)c1)C(F)(F)F. The van der Waals surface area contributed by atoms with Gasteiger partial charge in [-0.25, -0.2) is 14.4 Å². The number of nitrogens with zero attached hydrogens (tertiary/aromatic N) is 3. The fraction of sp³-hybridized carbons (Fsp3) is 0.0952. The fourth-order valence-corrected chi connectivity index (χ4v) is 2.85. The zero-order chi connectivity index (χ0) is 26.5. The molecule has 2 aromatic heterocycles. The van der Waals surface area contributed by atoms with Gasteiger partial charge in [0.1, 0.15) is 22.9 Å². The Morgan fingerprint density at radius 3 is 2.56 bits per heavy atom. The molecule has 0 radical (unpaired) electrons. The number of alkyl halides is 3. The van der Waals surface area contributed by atoms with E-state index in [-0.39, 0.29) is 45.9 Å². The lowest BCUT2D eigenvalue weighted by atomic mass is 10.1. The second kappa shape index (κ2) is 10.9. The van der Waals surface area contributed by atoms with Crippen LogP contribution in [0.2, 0.25) is 5.02 Å². The number of halogens is 5. The number of nitrogen functional groups attached to an aromatic ring is 1. The van der Waals surface area contributed by atoms with Crippen LogP contribution in [0.4, 0.5) is 34.9 Å². The van der Waals surface area contributed by atoms with E-state index in [4.69, 9.17) is 32.2 Å². The highest BCUT2D eigenvalue weighted by Gasteiger charge is 2.39. The molecule has 0 aliphatic carbocycles. The summed E-state index contributed by atoms with van der Waals surface area (Å²) in [4.78, 5) is 23.8. The molecule has 0 spiro atoms. The van der Waals surface area contributed by atoms with Gasteiger partial charge in [0.05, 0.1) is 12.7 Å².